The van der Waals surface area contributed by atoms with E-state index in [1.54, 1.807) is 0 Å². The molecule has 0 bridgehead atoms. The van der Waals surface area contributed by atoms with Gasteiger partial charge in [-0.05, 0) is 68.4 Å². The van der Waals surface area contributed by atoms with E-state index in [2.05, 4.69) is 52.1 Å². The van der Waals surface area contributed by atoms with Gasteiger partial charge in [0.05, 0.1) is 12.6 Å². The van der Waals surface area contributed by atoms with Crippen molar-refractivity contribution >= 4 is 28.9 Å². The number of aliphatic imine (C=N–C) groups is 1. The molecule has 1 amide bonds. The van der Waals surface area contributed by atoms with Crippen molar-refractivity contribution < 1.29 is 4.79 Å². The molecule has 2 N–H and O–H groups in total. The fourth-order valence-corrected chi connectivity index (χ4v) is 5.21. The molecular formula is C24H33N5OS. The Morgan fingerprint density at radius 1 is 1.10 bits per heavy atom. The van der Waals surface area contributed by atoms with Crippen molar-refractivity contribution in [3.8, 4) is 0 Å². The molecule has 2 aromatic rings. The van der Waals surface area contributed by atoms with Crippen molar-refractivity contribution in [2.24, 2.45) is 4.99 Å². The quantitative estimate of drug-likeness (QED) is 0.486. The first kappa shape index (κ1) is 21.8. The molecule has 1 aromatic heterocycles. The summed E-state index contributed by atoms with van der Waals surface area (Å²) in [5, 5.41) is 9.11. The normalized spacial score (nSPS) is 18.5. The molecule has 2 aliphatic heterocycles. The number of nitrogens with one attached hydrogen (secondary N) is 2. The van der Waals surface area contributed by atoms with Crippen molar-refractivity contribution in [3.63, 3.8) is 0 Å². The van der Waals surface area contributed by atoms with Crippen LogP contribution in [0.5, 0.6) is 0 Å². The van der Waals surface area contributed by atoms with Crippen molar-refractivity contribution in [3.05, 3.63) is 52.2 Å². The van der Waals surface area contributed by atoms with E-state index in [9.17, 15) is 4.79 Å². The molecule has 2 aliphatic rings. The van der Waals surface area contributed by atoms with Gasteiger partial charge < -0.3 is 15.5 Å². The standard InChI is InChI=1S/C24H33N5OS/c1-2-25-24(27-18-21(22-7-6-16-31-22)28-13-3-4-14-28)26-17-19-9-11-20(12-10-19)29-15-5-8-23(29)30/h6-7,9-12,16,21H,2-5,8,13-15,17-18H2,1H3,(H2,25,26,27). The topological polar surface area (TPSA) is 60.0 Å². The lowest BCUT2D eigenvalue weighted by Gasteiger charge is -2.27. The van der Waals surface area contributed by atoms with Gasteiger partial charge in [-0.2, -0.15) is 0 Å². The van der Waals surface area contributed by atoms with Gasteiger partial charge in [-0.1, -0.05) is 18.2 Å². The number of nitrogens with zero attached hydrogens (tertiary/aromatic N) is 3. The van der Waals surface area contributed by atoms with Gasteiger partial charge in [-0.15, -0.1) is 11.3 Å². The largest absolute Gasteiger partial charge is 0.357 e. The first-order chi connectivity index (χ1) is 15.2. The number of guanidine groups is 1. The number of carbonyl (C=O) groups excluding carboxylic acids is 1. The van der Waals surface area contributed by atoms with E-state index in [-0.39, 0.29) is 5.91 Å². The third kappa shape index (κ3) is 5.66. The highest BCUT2D eigenvalue weighted by Crippen LogP contribution is 2.28. The lowest BCUT2D eigenvalue weighted by atomic mass is 10.2. The molecule has 0 aliphatic carbocycles. The van der Waals surface area contributed by atoms with E-state index in [1.165, 1.54) is 30.8 Å². The molecule has 2 fully saturated rings. The molecule has 0 saturated carbocycles. The molecule has 6 nitrogen and oxygen atoms in total. The summed E-state index contributed by atoms with van der Waals surface area (Å²) in [6.45, 7) is 7.55. The number of rotatable bonds is 8. The highest BCUT2D eigenvalue weighted by atomic mass is 32.1. The number of carbonyl (C=O) groups is 1. The zero-order chi connectivity index (χ0) is 21.5. The summed E-state index contributed by atoms with van der Waals surface area (Å²) in [7, 11) is 0. The van der Waals surface area contributed by atoms with Gasteiger partial charge in [0.15, 0.2) is 5.96 Å². The van der Waals surface area contributed by atoms with Crippen LogP contribution in [0.4, 0.5) is 5.69 Å². The van der Waals surface area contributed by atoms with E-state index in [0.717, 1.165) is 43.3 Å². The number of thiophene rings is 1. The maximum absolute atomic E-state index is 11.9. The minimum absolute atomic E-state index is 0.225. The molecule has 2 saturated heterocycles. The Bertz CT molecular complexity index is 859. The minimum Gasteiger partial charge on any atom is -0.357 e. The highest BCUT2D eigenvalue weighted by Gasteiger charge is 2.24. The SMILES string of the molecule is CCNC(=NCc1ccc(N2CCCC2=O)cc1)NCC(c1cccs1)N1CCCC1. The molecule has 3 heterocycles. The summed E-state index contributed by atoms with van der Waals surface area (Å²) < 4.78 is 0. The first-order valence-electron chi connectivity index (χ1n) is 11.4. The number of amides is 1. The lowest BCUT2D eigenvalue weighted by molar-refractivity contribution is -0.117. The van der Waals surface area contributed by atoms with Crippen LogP contribution in [-0.4, -0.2) is 49.5 Å². The predicted octanol–water partition coefficient (Wildman–Crippen LogP) is 3.77. The van der Waals surface area contributed by atoms with Gasteiger partial charge in [0, 0.05) is 36.6 Å². The lowest BCUT2D eigenvalue weighted by Crippen LogP contribution is -2.42. The van der Waals surface area contributed by atoms with Crippen molar-refractivity contribution in [1.82, 2.24) is 15.5 Å². The van der Waals surface area contributed by atoms with Crippen LogP contribution < -0.4 is 15.5 Å². The summed E-state index contributed by atoms with van der Waals surface area (Å²) in [5.74, 6) is 1.07. The molecule has 4 rings (SSSR count). The van der Waals surface area contributed by atoms with Crippen LogP contribution in [0, 0.1) is 0 Å². The maximum atomic E-state index is 11.9. The summed E-state index contributed by atoms with van der Waals surface area (Å²) in [6.07, 6.45) is 4.18. The molecule has 31 heavy (non-hydrogen) atoms. The van der Waals surface area contributed by atoms with Crippen LogP contribution in [0.2, 0.25) is 0 Å². The average Bonchev–Trinajstić information content (AvgIpc) is 3.56. The summed E-state index contributed by atoms with van der Waals surface area (Å²) in [5.41, 5.74) is 2.13. The molecule has 0 radical (unpaired) electrons. The predicted molar refractivity (Wildman–Crippen MR) is 129 cm³/mol. The zero-order valence-electron chi connectivity index (χ0n) is 18.3. The fraction of sp³-hybridized carbons (Fsp3) is 0.500. The van der Waals surface area contributed by atoms with Crippen LogP contribution in [-0.2, 0) is 11.3 Å². The number of hydrogen-bond donors (Lipinski definition) is 2. The van der Waals surface area contributed by atoms with Gasteiger partial charge in [0.2, 0.25) is 5.91 Å². The van der Waals surface area contributed by atoms with Gasteiger partial charge in [0.25, 0.3) is 0 Å². The Kier molecular flexibility index (Phi) is 7.59. The number of hydrogen-bond acceptors (Lipinski definition) is 4. The van der Waals surface area contributed by atoms with E-state index < -0.39 is 0 Å². The van der Waals surface area contributed by atoms with E-state index in [0.29, 0.717) is 19.0 Å². The molecule has 166 valence electrons. The Morgan fingerprint density at radius 2 is 1.90 bits per heavy atom. The van der Waals surface area contributed by atoms with Gasteiger partial charge in [0.1, 0.15) is 0 Å². The summed E-state index contributed by atoms with van der Waals surface area (Å²) >= 11 is 1.84. The Hall–Kier alpha value is -2.38. The second-order valence-corrected chi connectivity index (χ2v) is 9.15. The summed E-state index contributed by atoms with van der Waals surface area (Å²) in [6, 6.07) is 13.0. The number of likely N-dealkylation sites (tertiary alicyclic amines) is 1. The Labute approximate surface area is 189 Å². The van der Waals surface area contributed by atoms with Crippen LogP contribution in [0.3, 0.4) is 0 Å². The zero-order valence-corrected chi connectivity index (χ0v) is 19.2. The molecule has 0 spiro atoms. The van der Waals surface area contributed by atoms with E-state index >= 15 is 0 Å². The number of anilines is 1. The number of benzene rings is 1. The van der Waals surface area contributed by atoms with Crippen LogP contribution >= 0.6 is 11.3 Å². The maximum Gasteiger partial charge on any atom is 0.227 e. The van der Waals surface area contributed by atoms with Crippen LogP contribution in [0.15, 0.2) is 46.8 Å². The molecule has 1 unspecified atom stereocenters. The van der Waals surface area contributed by atoms with Crippen molar-refractivity contribution in [2.75, 3.05) is 37.6 Å². The second kappa shape index (κ2) is 10.8. The summed E-state index contributed by atoms with van der Waals surface area (Å²) in [4.78, 5) is 22.6. The van der Waals surface area contributed by atoms with Crippen molar-refractivity contribution in [1.29, 1.82) is 0 Å². The monoisotopic (exact) mass is 439 g/mol. The van der Waals surface area contributed by atoms with Gasteiger partial charge in [-0.25, -0.2) is 4.99 Å². The van der Waals surface area contributed by atoms with Crippen molar-refractivity contribution in [2.45, 2.75) is 45.2 Å². The van der Waals surface area contributed by atoms with Crippen LogP contribution in [0.25, 0.3) is 0 Å². The molecular weight excluding hydrogens is 406 g/mol. The first-order valence-corrected chi connectivity index (χ1v) is 12.3. The van der Waals surface area contributed by atoms with E-state index in [4.69, 9.17) is 4.99 Å². The minimum atomic E-state index is 0.225. The van der Waals surface area contributed by atoms with E-state index in [1.807, 2.05) is 28.4 Å². The van der Waals surface area contributed by atoms with Gasteiger partial charge in [-0.3, -0.25) is 9.69 Å². The third-order valence-electron chi connectivity index (χ3n) is 6.00. The molecule has 1 atom stereocenters. The third-order valence-corrected chi connectivity index (χ3v) is 6.97. The average molecular weight is 440 g/mol. The smallest absolute Gasteiger partial charge is 0.227 e. The Morgan fingerprint density at radius 3 is 2.55 bits per heavy atom. The van der Waals surface area contributed by atoms with Gasteiger partial charge >= 0.3 is 0 Å². The molecule has 1 aromatic carbocycles. The second-order valence-electron chi connectivity index (χ2n) is 8.17. The Balaban J connectivity index is 1.38. The molecule has 7 heteroatoms. The fourth-order valence-electron chi connectivity index (χ4n) is 4.35. The van der Waals surface area contributed by atoms with Crippen LogP contribution in [0.1, 0.15) is 49.1 Å². The highest BCUT2D eigenvalue weighted by molar-refractivity contribution is 7.10.